The maximum atomic E-state index is 8.34. The molecular formula is C16H32O4. The Morgan fingerprint density at radius 2 is 1.20 bits per heavy atom. The highest BCUT2D eigenvalue weighted by Crippen LogP contribution is 2.08. The minimum Gasteiger partial charge on any atom is -0.252 e. The molecule has 0 aliphatic rings. The second-order valence-corrected chi connectivity index (χ2v) is 4.79. The van der Waals surface area contributed by atoms with Gasteiger partial charge in [0.2, 0.25) is 0 Å². The molecule has 2 N–H and O–H groups in total. The van der Waals surface area contributed by atoms with Crippen molar-refractivity contribution in [3.8, 4) is 0 Å². The van der Waals surface area contributed by atoms with Crippen LogP contribution < -0.4 is 0 Å². The molecule has 0 radical (unpaired) electrons. The third-order valence-electron chi connectivity index (χ3n) is 2.92. The molecule has 0 saturated carbocycles. The van der Waals surface area contributed by atoms with E-state index in [2.05, 4.69) is 36.8 Å². The van der Waals surface area contributed by atoms with E-state index in [1.807, 2.05) is 0 Å². The molecule has 20 heavy (non-hydrogen) atoms. The summed E-state index contributed by atoms with van der Waals surface area (Å²) in [4.78, 5) is 8.44. The highest BCUT2D eigenvalue weighted by molar-refractivity contribution is 4.73. The fourth-order valence-corrected chi connectivity index (χ4v) is 1.66. The van der Waals surface area contributed by atoms with Crippen LogP contribution in [0.2, 0.25) is 0 Å². The van der Waals surface area contributed by atoms with Crippen LogP contribution in [0, 0.1) is 0 Å². The molecule has 0 aliphatic carbocycles. The van der Waals surface area contributed by atoms with Gasteiger partial charge in [-0.2, -0.15) is 0 Å². The second kappa shape index (κ2) is 18.3. The van der Waals surface area contributed by atoms with E-state index in [-0.39, 0.29) is 12.2 Å². The van der Waals surface area contributed by atoms with Crippen LogP contribution in [-0.4, -0.2) is 22.7 Å². The molecule has 0 aromatic heterocycles. The molecule has 0 aromatic rings. The first-order chi connectivity index (χ1) is 9.69. The molecule has 0 bridgehead atoms. The predicted molar refractivity (Wildman–Crippen MR) is 83.7 cm³/mol. The second-order valence-electron chi connectivity index (χ2n) is 4.79. The quantitative estimate of drug-likeness (QED) is 0.293. The molecule has 0 rings (SSSR count). The van der Waals surface area contributed by atoms with Gasteiger partial charge in [-0.1, -0.05) is 51.7 Å². The standard InChI is InChI=1S/2C8H16O2/c2*1-3-5-7-8(10-9)6-4-2/h2*4,8-9H,2-3,5-7H2,1H3. The van der Waals surface area contributed by atoms with E-state index in [1.165, 1.54) is 0 Å². The van der Waals surface area contributed by atoms with Crippen LogP contribution in [0.25, 0.3) is 0 Å². The maximum Gasteiger partial charge on any atom is 0.0961 e. The Balaban J connectivity index is 0. The zero-order valence-electron chi connectivity index (χ0n) is 13.1. The number of unbranched alkanes of at least 4 members (excludes halogenated alkanes) is 2. The smallest absolute Gasteiger partial charge is 0.0961 e. The summed E-state index contributed by atoms with van der Waals surface area (Å²) in [5.74, 6) is 0. The Morgan fingerprint density at radius 3 is 1.40 bits per heavy atom. The third kappa shape index (κ3) is 15.4. The Kier molecular flexibility index (Phi) is 19.8. The lowest BCUT2D eigenvalue weighted by atomic mass is 10.1. The summed E-state index contributed by atoms with van der Waals surface area (Å²) in [5.41, 5.74) is 0. The molecule has 4 nitrogen and oxygen atoms in total. The zero-order valence-corrected chi connectivity index (χ0v) is 13.1. The largest absolute Gasteiger partial charge is 0.252 e. The molecule has 0 aliphatic heterocycles. The molecule has 2 unspecified atom stereocenters. The van der Waals surface area contributed by atoms with Crippen LogP contribution in [0.3, 0.4) is 0 Å². The van der Waals surface area contributed by atoms with Crippen LogP contribution in [-0.2, 0) is 9.78 Å². The van der Waals surface area contributed by atoms with Crippen molar-refractivity contribution in [1.82, 2.24) is 0 Å². The van der Waals surface area contributed by atoms with Gasteiger partial charge in [-0.15, -0.1) is 13.2 Å². The van der Waals surface area contributed by atoms with E-state index in [4.69, 9.17) is 10.5 Å². The lowest BCUT2D eigenvalue weighted by Gasteiger charge is -2.08. The van der Waals surface area contributed by atoms with Gasteiger partial charge in [0.05, 0.1) is 12.2 Å². The first-order valence-electron chi connectivity index (χ1n) is 7.52. The van der Waals surface area contributed by atoms with Crippen molar-refractivity contribution < 1.29 is 20.3 Å². The Labute approximate surface area is 124 Å². The fraction of sp³-hybridized carbons (Fsp3) is 0.750. The molecule has 0 spiro atoms. The van der Waals surface area contributed by atoms with Gasteiger partial charge in [0.15, 0.2) is 0 Å². The van der Waals surface area contributed by atoms with E-state index in [9.17, 15) is 0 Å². The lowest BCUT2D eigenvalue weighted by Crippen LogP contribution is -2.08. The van der Waals surface area contributed by atoms with Gasteiger partial charge < -0.3 is 0 Å². The van der Waals surface area contributed by atoms with Crippen LogP contribution in [0.15, 0.2) is 25.3 Å². The van der Waals surface area contributed by atoms with E-state index >= 15 is 0 Å². The third-order valence-corrected chi connectivity index (χ3v) is 2.92. The summed E-state index contributed by atoms with van der Waals surface area (Å²) in [5, 5.41) is 16.7. The van der Waals surface area contributed by atoms with Crippen LogP contribution >= 0.6 is 0 Å². The van der Waals surface area contributed by atoms with Crippen molar-refractivity contribution in [2.24, 2.45) is 0 Å². The number of hydrogen-bond donors (Lipinski definition) is 2. The molecule has 0 aromatic carbocycles. The molecule has 0 saturated heterocycles. The molecule has 0 fully saturated rings. The van der Waals surface area contributed by atoms with Gasteiger partial charge in [-0.3, -0.25) is 10.5 Å². The van der Waals surface area contributed by atoms with Crippen molar-refractivity contribution >= 4 is 0 Å². The molecule has 2 atom stereocenters. The zero-order chi connectivity index (χ0) is 15.6. The molecular weight excluding hydrogens is 256 g/mol. The van der Waals surface area contributed by atoms with Gasteiger partial charge in [-0.25, -0.2) is 9.78 Å². The fourth-order valence-electron chi connectivity index (χ4n) is 1.66. The summed E-state index contributed by atoms with van der Waals surface area (Å²) in [6, 6.07) is 0. The Hall–Kier alpha value is -0.680. The normalized spacial score (nSPS) is 13.0. The summed E-state index contributed by atoms with van der Waals surface area (Å²) in [6.07, 6.45) is 11.2. The maximum absolute atomic E-state index is 8.34. The van der Waals surface area contributed by atoms with Gasteiger partial charge in [0.25, 0.3) is 0 Å². The summed E-state index contributed by atoms with van der Waals surface area (Å²) in [6.45, 7) is 11.4. The monoisotopic (exact) mass is 288 g/mol. The minimum atomic E-state index is -0.0440. The Morgan fingerprint density at radius 1 is 0.850 bits per heavy atom. The van der Waals surface area contributed by atoms with Crippen molar-refractivity contribution in [3.05, 3.63) is 25.3 Å². The van der Waals surface area contributed by atoms with Crippen LogP contribution in [0.1, 0.15) is 65.2 Å². The average molecular weight is 288 g/mol. The van der Waals surface area contributed by atoms with Crippen LogP contribution in [0.4, 0.5) is 0 Å². The number of rotatable bonds is 12. The molecule has 0 amide bonds. The van der Waals surface area contributed by atoms with Crippen molar-refractivity contribution in [2.45, 2.75) is 77.4 Å². The van der Waals surface area contributed by atoms with E-state index in [0.29, 0.717) is 0 Å². The summed E-state index contributed by atoms with van der Waals surface area (Å²) >= 11 is 0. The van der Waals surface area contributed by atoms with E-state index in [0.717, 1.165) is 51.4 Å². The highest BCUT2D eigenvalue weighted by atomic mass is 17.1. The molecule has 0 heterocycles. The van der Waals surface area contributed by atoms with E-state index < -0.39 is 0 Å². The predicted octanol–water partition coefficient (Wildman–Crippen LogP) is 5.22. The van der Waals surface area contributed by atoms with E-state index in [1.54, 1.807) is 12.2 Å². The number of hydrogen-bond acceptors (Lipinski definition) is 4. The summed E-state index contributed by atoms with van der Waals surface area (Å²) in [7, 11) is 0. The molecule has 120 valence electrons. The van der Waals surface area contributed by atoms with Crippen molar-refractivity contribution in [2.75, 3.05) is 0 Å². The topological polar surface area (TPSA) is 58.9 Å². The van der Waals surface area contributed by atoms with Gasteiger partial charge in [-0.05, 0) is 25.7 Å². The Bertz CT molecular complexity index is 185. The van der Waals surface area contributed by atoms with Gasteiger partial charge >= 0.3 is 0 Å². The first-order valence-corrected chi connectivity index (χ1v) is 7.52. The highest BCUT2D eigenvalue weighted by Gasteiger charge is 2.05. The van der Waals surface area contributed by atoms with Gasteiger partial charge in [0.1, 0.15) is 0 Å². The van der Waals surface area contributed by atoms with Crippen molar-refractivity contribution in [3.63, 3.8) is 0 Å². The average Bonchev–Trinajstić information content (AvgIpc) is 2.48. The molecule has 4 heteroatoms. The van der Waals surface area contributed by atoms with Crippen LogP contribution in [0.5, 0.6) is 0 Å². The lowest BCUT2D eigenvalue weighted by molar-refractivity contribution is -0.278. The minimum absolute atomic E-state index is 0.0440. The summed E-state index contributed by atoms with van der Waals surface area (Å²) < 4.78 is 0. The van der Waals surface area contributed by atoms with Gasteiger partial charge in [0, 0.05) is 0 Å². The SMILES string of the molecule is C=CCC(CCCC)OO.C=CCC(CCCC)OO. The van der Waals surface area contributed by atoms with Crippen molar-refractivity contribution in [1.29, 1.82) is 0 Å². The first kappa shape index (κ1) is 21.6.